The molecule has 3 heteroatoms. The van der Waals surface area contributed by atoms with Crippen LogP contribution >= 0.6 is 15.9 Å². The normalized spacial score (nSPS) is 10.8. The highest BCUT2D eigenvalue weighted by atomic mass is 79.9. The second kappa shape index (κ2) is 4.50. The number of pyridine rings is 2. The molecule has 3 aromatic rings. The minimum Gasteiger partial charge on any atom is -0.265 e. The minimum absolute atomic E-state index is 1.01. The van der Waals surface area contributed by atoms with Gasteiger partial charge in [0.25, 0.3) is 0 Å². The Labute approximate surface area is 114 Å². The summed E-state index contributed by atoms with van der Waals surface area (Å²) in [5.74, 6) is 0. The molecule has 0 fully saturated rings. The predicted molar refractivity (Wildman–Crippen MR) is 77.4 cm³/mol. The van der Waals surface area contributed by atoms with Crippen molar-refractivity contribution in [1.82, 2.24) is 9.97 Å². The van der Waals surface area contributed by atoms with E-state index in [-0.39, 0.29) is 0 Å². The molecule has 0 spiro atoms. The summed E-state index contributed by atoms with van der Waals surface area (Å²) in [5, 5.41) is 1.13. The highest BCUT2D eigenvalue weighted by Gasteiger charge is 2.04. The second-order valence-corrected chi connectivity index (χ2v) is 5.07. The zero-order valence-corrected chi connectivity index (χ0v) is 11.5. The lowest BCUT2D eigenvalue weighted by Gasteiger charge is -2.06. The molecule has 2 nitrogen and oxygen atoms in total. The van der Waals surface area contributed by atoms with Gasteiger partial charge in [-0.15, -0.1) is 0 Å². The number of hydrogen-bond acceptors (Lipinski definition) is 2. The van der Waals surface area contributed by atoms with E-state index in [9.17, 15) is 0 Å². The van der Waals surface area contributed by atoms with Gasteiger partial charge in [-0.05, 0) is 48.4 Å². The predicted octanol–water partition coefficient (Wildman–Crippen LogP) is 4.37. The fourth-order valence-electron chi connectivity index (χ4n) is 2.03. The molecule has 0 aliphatic heterocycles. The summed E-state index contributed by atoms with van der Waals surface area (Å²) in [6, 6.07) is 12.4. The Hall–Kier alpha value is -1.74. The Balaban J connectivity index is 2.23. The third kappa shape index (κ3) is 2.02. The van der Waals surface area contributed by atoms with Crippen LogP contribution in [-0.4, -0.2) is 9.97 Å². The van der Waals surface area contributed by atoms with Gasteiger partial charge in [0.1, 0.15) is 0 Å². The fourth-order valence-corrected chi connectivity index (χ4v) is 2.68. The molecule has 0 unspecified atom stereocenters. The molecule has 0 aliphatic rings. The first-order valence-corrected chi connectivity index (χ1v) is 6.50. The maximum Gasteiger partial charge on any atom is 0.0716 e. The van der Waals surface area contributed by atoms with Gasteiger partial charge < -0.3 is 0 Å². The highest BCUT2D eigenvalue weighted by molar-refractivity contribution is 9.10. The van der Waals surface area contributed by atoms with E-state index in [1.165, 1.54) is 11.1 Å². The van der Waals surface area contributed by atoms with Crippen LogP contribution in [0.3, 0.4) is 0 Å². The Bertz CT molecular complexity index is 708. The van der Waals surface area contributed by atoms with E-state index >= 15 is 0 Å². The lowest BCUT2D eigenvalue weighted by atomic mass is 10.0. The van der Waals surface area contributed by atoms with Crippen LogP contribution in [0.2, 0.25) is 0 Å². The van der Waals surface area contributed by atoms with Crippen LogP contribution in [0.4, 0.5) is 0 Å². The van der Waals surface area contributed by atoms with Crippen molar-refractivity contribution in [2.45, 2.75) is 6.92 Å². The van der Waals surface area contributed by atoms with Gasteiger partial charge in [-0.3, -0.25) is 9.97 Å². The molecule has 0 amide bonds. The Morgan fingerprint density at radius 2 is 1.72 bits per heavy atom. The molecule has 3 rings (SSSR count). The Kier molecular flexibility index (Phi) is 2.84. The minimum atomic E-state index is 1.01. The molecule has 1 aromatic carbocycles. The number of nitrogens with zero attached hydrogens (tertiary/aromatic N) is 2. The maximum absolute atomic E-state index is 4.53. The molecule has 0 bridgehead atoms. The molecular formula is C15H11BrN2. The zero-order chi connectivity index (χ0) is 12.5. The van der Waals surface area contributed by atoms with Crippen molar-refractivity contribution in [1.29, 1.82) is 0 Å². The van der Waals surface area contributed by atoms with Crippen molar-refractivity contribution in [3.05, 3.63) is 59.0 Å². The standard InChI is InChI=1S/C15H11BrN2/c1-10-8-14(16)13-9-12(2-3-15(13)18-10)11-4-6-17-7-5-11/h2-9H,1H3. The van der Waals surface area contributed by atoms with Gasteiger partial charge in [-0.2, -0.15) is 0 Å². The van der Waals surface area contributed by atoms with Crippen molar-refractivity contribution in [3.63, 3.8) is 0 Å². The number of rotatable bonds is 1. The fraction of sp³-hybridized carbons (Fsp3) is 0.0667. The molecule has 0 aliphatic carbocycles. The molecule has 0 saturated carbocycles. The van der Waals surface area contributed by atoms with Crippen molar-refractivity contribution >= 4 is 26.8 Å². The molecular weight excluding hydrogens is 288 g/mol. The van der Waals surface area contributed by atoms with Gasteiger partial charge in [-0.1, -0.05) is 22.0 Å². The molecule has 2 heterocycles. The SMILES string of the molecule is Cc1cc(Br)c2cc(-c3ccncc3)ccc2n1. The zero-order valence-electron chi connectivity index (χ0n) is 9.89. The summed E-state index contributed by atoms with van der Waals surface area (Å²) >= 11 is 3.60. The number of aromatic nitrogens is 2. The van der Waals surface area contributed by atoms with Crippen LogP contribution in [0, 0.1) is 6.92 Å². The van der Waals surface area contributed by atoms with Gasteiger partial charge in [0, 0.05) is 27.9 Å². The average Bonchev–Trinajstić information content (AvgIpc) is 2.39. The Morgan fingerprint density at radius 3 is 2.50 bits per heavy atom. The summed E-state index contributed by atoms with van der Waals surface area (Å²) in [7, 11) is 0. The van der Waals surface area contributed by atoms with Gasteiger partial charge in [-0.25, -0.2) is 0 Å². The molecule has 88 valence electrons. The van der Waals surface area contributed by atoms with Gasteiger partial charge in [0.05, 0.1) is 5.52 Å². The van der Waals surface area contributed by atoms with E-state index in [0.29, 0.717) is 0 Å². The van der Waals surface area contributed by atoms with Crippen LogP contribution in [-0.2, 0) is 0 Å². The van der Waals surface area contributed by atoms with Crippen molar-refractivity contribution in [3.8, 4) is 11.1 Å². The van der Waals surface area contributed by atoms with E-state index in [1.54, 1.807) is 0 Å². The van der Waals surface area contributed by atoms with Crippen LogP contribution in [0.25, 0.3) is 22.0 Å². The van der Waals surface area contributed by atoms with Crippen LogP contribution in [0.1, 0.15) is 5.69 Å². The first kappa shape index (κ1) is 11.4. The molecule has 18 heavy (non-hydrogen) atoms. The van der Waals surface area contributed by atoms with E-state index < -0.39 is 0 Å². The molecule has 0 radical (unpaired) electrons. The molecule has 0 N–H and O–H groups in total. The van der Waals surface area contributed by atoms with E-state index in [0.717, 1.165) is 21.1 Å². The van der Waals surface area contributed by atoms with Crippen molar-refractivity contribution in [2.24, 2.45) is 0 Å². The summed E-state index contributed by atoms with van der Waals surface area (Å²) in [6.45, 7) is 2.00. The Morgan fingerprint density at radius 1 is 0.944 bits per heavy atom. The summed E-state index contributed by atoms with van der Waals surface area (Å²) < 4.78 is 1.08. The van der Waals surface area contributed by atoms with Crippen LogP contribution < -0.4 is 0 Å². The summed E-state index contributed by atoms with van der Waals surface area (Å²) in [6.07, 6.45) is 3.62. The first-order valence-electron chi connectivity index (χ1n) is 5.71. The second-order valence-electron chi connectivity index (χ2n) is 4.21. The average molecular weight is 299 g/mol. The van der Waals surface area contributed by atoms with Crippen LogP contribution in [0.15, 0.2) is 53.3 Å². The third-order valence-electron chi connectivity index (χ3n) is 2.90. The van der Waals surface area contributed by atoms with Crippen molar-refractivity contribution in [2.75, 3.05) is 0 Å². The maximum atomic E-state index is 4.53. The largest absolute Gasteiger partial charge is 0.265 e. The van der Waals surface area contributed by atoms with Crippen LogP contribution in [0.5, 0.6) is 0 Å². The lowest BCUT2D eigenvalue weighted by Crippen LogP contribution is -1.86. The van der Waals surface area contributed by atoms with E-state index in [4.69, 9.17) is 0 Å². The van der Waals surface area contributed by atoms with E-state index in [2.05, 4.69) is 44.1 Å². The molecule has 2 aromatic heterocycles. The molecule has 0 saturated heterocycles. The highest BCUT2D eigenvalue weighted by Crippen LogP contribution is 2.28. The summed E-state index contributed by atoms with van der Waals surface area (Å²) in [5.41, 5.74) is 4.38. The number of benzene rings is 1. The quantitative estimate of drug-likeness (QED) is 0.667. The van der Waals surface area contributed by atoms with Gasteiger partial charge in [0.15, 0.2) is 0 Å². The lowest BCUT2D eigenvalue weighted by molar-refractivity contribution is 1.25. The van der Waals surface area contributed by atoms with Crippen molar-refractivity contribution < 1.29 is 0 Å². The van der Waals surface area contributed by atoms with Gasteiger partial charge in [0.2, 0.25) is 0 Å². The van der Waals surface area contributed by atoms with E-state index in [1.807, 2.05) is 37.5 Å². The number of halogens is 1. The summed E-state index contributed by atoms with van der Waals surface area (Å²) in [4.78, 5) is 8.57. The first-order chi connectivity index (χ1) is 8.74. The monoisotopic (exact) mass is 298 g/mol. The van der Waals surface area contributed by atoms with Gasteiger partial charge >= 0.3 is 0 Å². The molecule has 0 atom stereocenters. The number of fused-ring (bicyclic) bond motifs is 1. The smallest absolute Gasteiger partial charge is 0.0716 e. The number of hydrogen-bond donors (Lipinski definition) is 0. The topological polar surface area (TPSA) is 25.8 Å². The third-order valence-corrected chi connectivity index (χ3v) is 3.56. The number of aryl methyl sites for hydroxylation is 1.